The summed E-state index contributed by atoms with van der Waals surface area (Å²) in [5, 5.41) is 4.27. The molecule has 2 nitrogen and oxygen atoms in total. The van der Waals surface area contributed by atoms with Crippen molar-refractivity contribution in [1.82, 2.24) is 4.90 Å². The van der Waals surface area contributed by atoms with Crippen molar-refractivity contribution >= 4 is 17.3 Å². The molecular weight excluding hydrogens is 220 g/mol. The minimum absolute atomic E-state index is 0.518. The van der Waals surface area contributed by atoms with Crippen LogP contribution in [0.5, 0.6) is 0 Å². The Morgan fingerprint density at radius 3 is 2.81 bits per heavy atom. The first-order valence-electron chi connectivity index (χ1n) is 6.03. The number of benzene rings is 1. The number of halogens is 1. The molecule has 1 aromatic rings. The normalized spacial score (nSPS) is 19.4. The Balaban J connectivity index is 2.34. The third-order valence-corrected chi connectivity index (χ3v) is 3.59. The second kappa shape index (κ2) is 5.07. The molecule has 1 atom stereocenters. The van der Waals surface area contributed by atoms with E-state index in [4.69, 9.17) is 11.6 Å². The van der Waals surface area contributed by atoms with Crippen LogP contribution >= 0.6 is 11.6 Å². The highest BCUT2D eigenvalue weighted by Crippen LogP contribution is 2.35. The summed E-state index contributed by atoms with van der Waals surface area (Å²) in [6.07, 6.45) is 1.16. The fourth-order valence-corrected chi connectivity index (χ4v) is 2.69. The molecule has 16 heavy (non-hydrogen) atoms. The lowest BCUT2D eigenvalue weighted by Gasteiger charge is -2.35. The van der Waals surface area contributed by atoms with Crippen molar-refractivity contribution < 1.29 is 0 Å². The van der Waals surface area contributed by atoms with Gasteiger partial charge in [-0.05, 0) is 43.3 Å². The van der Waals surface area contributed by atoms with Gasteiger partial charge in [0.1, 0.15) is 0 Å². The van der Waals surface area contributed by atoms with Gasteiger partial charge in [0.25, 0.3) is 0 Å². The van der Waals surface area contributed by atoms with E-state index in [1.54, 1.807) is 0 Å². The topological polar surface area (TPSA) is 15.3 Å². The molecule has 0 radical (unpaired) electrons. The lowest BCUT2D eigenvalue weighted by atomic mass is 9.96. The third-order valence-electron chi connectivity index (χ3n) is 3.36. The summed E-state index contributed by atoms with van der Waals surface area (Å²) in [6.45, 7) is 7.67. The first kappa shape index (κ1) is 11.7. The number of anilines is 1. The van der Waals surface area contributed by atoms with Crippen LogP contribution in [0.25, 0.3) is 0 Å². The van der Waals surface area contributed by atoms with E-state index in [-0.39, 0.29) is 0 Å². The molecule has 0 fully saturated rings. The van der Waals surface area contributed by atoms with Crippen LogP contribution in [0.2, 0.25) is 5.02 Å². The average Bonchev–Trinajstić information content (AvgIpc) is 2.31. The van der Waals surface area contributed by atoms with Crippen molar-refractivity contribution in [3.8, 4) is 0 Å². The van der Waals surface area contributed by atoms with Crippen molar-refractivity contribution in [3.05, 3.63) is 28.8 Å². The zero-order valence-electron chi connectivity index (χ0n) is 9.96. The van der Waals surface area contributed by atoms with Crippen LogP contribution in [0, 0.1) is 0 Å². The summed E-state index contributed by atoms with van der Waals surface area (Å²) in [7, 11) is 0. The molecule has 0 aromatic heterocycles. The largest absolute Gasteiger partial charge is 0.385 e. The summed E-state index contributed by atoms with van der Waals surface area (Å²) in [5.41, 5.74) is 2.59. The summed E-state index contributed by atoms with van der Waals surface area (Å²) >= 11 is 6.09. The molecule has 0 saturated heterocycles. The van der Waals surface area contributed by atoms with Gasteiger partial charge >= 0.3 is 0 Å². The minimum atomic E-state index is 0.518. The van der Waals surface area contributed by atoms with Crippen LogP contribution in [0.1, 0.15) is 31.9 Å². The van der Waals surface area contributed by atoms with Crippen LogP contribution in [0.15, 0.2) is 18.2 Å². The van der Waals surface area contributed by atoms with Gasteiger partial charge in [0.15, 0.2) is 0 Å². The van der Waals surface area contributed by atoms with E-state index in [2.05, 4.69) is 36.2 Å². The van der Waals surface area contributed by atoms with E-state index < -0.39 is 0 Å². The molecule has 1 aromatic carbocycles. The smallest absolute Gasteiger partial charge is 0.0410 e. The standard InChI is InChI=1S/C13H19ClN2/c1-3-16(4-2)13-7-8-15-12-6-5-10(14)9-11(12)13/h5-6,9,13,15H,3-4,7-8H2,1-2H3. The summed E-state index contributed by atoms with van der Waals surface area (Å²) < 4.78 is 0. The molecule has 0 bridgehead atoms. The van der Waals surface area contributed by atoms with E-state index in [0.29, 0.717) is 6.04 Å². The molecule has 1 aliphatic rings. The van der Waals surface area contributed by atoms with Crippen molar-refractivity contribution in [2.45, 2.75) is 26.3 Å². The molecule has 1 heterocycles. The maximum Gasteiger partial charge on any atom is 0.0410 e. The van der Waals surface area contributed by atoms with Gasteiger partial charge < -0.3 is 5.32 Å². The highest BCUT2D eigenvalue weighted by molar-refractivity contribution is 6.30. The lowest BCUT2D eigenvalue weighted by molar-refractivity contribution is 0.209. The van der Waals surface area contributed by atoms with E-state index in [9.17, 15) is 0 Å². The molecule has 0 saturated carbocycles. The number of fused-ring (bicyclic) bond motifs is 1. The van der Waals surface area contributed by atoms with Gasteiger partial charge in [0.2, 0.25) is 0 Å². The molecule has 3 heteroatoms. The second-order valence-corrected chi connectivity index (χ2v) is 4.62. The summed E-state index contributed by atoms with van der Waals surface area (Å²) in [5.74, 6) is 0. The monoisotopic (exact) mass is 238 g/mol. The maximum atomic E-state index is 6.09. The predicted octanol–water partition coefficient (Wildman–Crippen LogP) is 3.54. The highest BCUT2D eigenvalue weighted by atomic mass is 35.5. The maximum absolute atomic E-state index is 6.09. The first-order chi connectivity index (χ1) is 7.76. The molecule has 1 unspecified atom stereocenters. The number of hydrogen-bond donors (Lipinski definition) is 1. The molecule has 0 aliphatic carbocycles. The quantitative estimate of drug-likeness (QED) is 0.867. The van der Waals surface area contributed by atoms with Crippen molar-refractivity contribution in [2.75, 3.05) is 25.0 Å². The Morgan fingerprint density at radius 1 is 1.38 bits per heavy atom. The van der Waals surface area contributed by atoms with E-state index in [1.165, 1.54) is 11.3 Å². The Morgan fingerprint density at radius 2 is 2.12 bits per heavy atom. The molecule has 0 spiro atoms. The van der Waals surface area contributed by atoms with Gasteiger partial charge in [-0.1, -0.05) is 25.4 Å². The van der Waals surface area contributed by atoms with Gasteiger partial charge in [-0.3, -0.25) is 4.90 Å². The Labute approximate surface area is 103 Å². The van der Waals surface area contributed by atoms with Gasteiger partial charge in [-0.2, -0.15) is 0 Å². The third kappa shape index (κ3) is 2.18. The van der Waals surface area contributed by atoms with Gasteiger partial charge in [0, 0.05) is 23.3 Å². The Kier molecular flexibility index (Phi) is 3.72. The van der Waals surface area contributed by atoms with E-state index >= 15 is 0 Å². The van der Waals surface area contributed by atoms with Gasteiger partial charge in [0.05, 0.1) is 0 Å². The van der Waals surface area contributed by atoms with E-state index in [0.717, 1.165) is 31.1 Å². The SMILES string of the molecule is CCN(CC)C1CCNc2ccc(Cl)cc21. The Hall–Kier alpha value is -0.730. The molecule has 88 valence electrons. The van der Waals surface area contributed by atoms with Crippen molar-refractivity contribution in [2.24, 2.45) is 0 Å². The van der Waals surface area contributed by atoms with Crippen molar-refractivity contribution in [3.63, 3.8) is 0 Å². The molecular formula is C13H19ClN2. The second-order valence-electron chi connectivity index (χ2n) is 4.18. The van der Waals surface area contributed by atoms with Gasteiger partial charge in [-0.25, -0.2) is 0 Å². The highest BCUT2D eigenvalue weighted by Gasteiger charge is 2.24. The summed E-state index contributed by atoms with van der Waals surface area (Å²) in [4.78, 5) is 2.50. The average molecular weight is 239 g/mol. The molecule has 1 aliphatic heterocycles. The van der Waals surface area contributed by atoms with Crippen LogP contribution in [0.3, 0.4) is 0 Å². The molecule has 1 N–H and O–H groups in total. The van der Waals surface area contributed by atoms with E-state index in [1.807, 2.05) is 6.07 Å². The number of rotatable bonds is 3. The lowest BCUT2D eigenvalue weighted by Crippen LogP contribution is -2.33. The summed E-state index contributed by atoms with van der Waals surface area (Å²) in [6, 6.07) is 6.67. The fraction of sp³-hybridized carbons (Fsp3) is 0.538. The van der Waals surface area contributed by atoms with Gasteiger partial charge in [-0.15, -0.1) is 0 Å². The predicted molar refractivity (Wildman–Crippen MR) is 70.2 cm³/mol. The molecule has 2 rings (SSSR count). The zero-order valence-corrected chi connectivity index (χ0v) is 10.7. The zero-order chi connectivity index (χ0) is 11.5. The van der Waals surface area contributed by atoms with Crippen LogP contribution in [-0.2, 0) is 0 Å². The van der Waals surface area contributed by atoms with Crippen LogP contribution in [0.4, 0.5) is 5.69 Å². The minimum Gasteiger partial charge on any atom is -0.385 e. The van der Waals surface area contributed by atoms with Crippen LogP contribution in [-0.4, -0.2) is 24.5 Å². The van der Waals surface area contributed by atoms with Crippen LogP contribution < -0.4 is 5.32 Å². The number of nitrogens with one attached hydrogen (secondary N) is 1. The van der Waals surface area contributed by atoms with Crippen molar-refractivity contribution in [1.29, 1.82) is 0 Å². The fourth-order valence-electron chi connectivity index (χ4n) is 2.51. The first-order valence-corrected chi connectivity index (χ1v) is 6.41. The molecule has 0 amide bonds. The number of nitrogens with zero attached hydrogens (tertiary/aromatic N) is 1. The number of hydrogen-bond acceptors (Lipinski definition) is 2. The Bertz CT molecular complexity index is 361.